The number of para-hydroxylation sites is 1. The van der Waals surface area contributed by atoms with E-state index in [9.17, 15) is 9.59 Å². The number of fused-ring (bicyclic) bond motifs is 1. The fourth-order valence-corrected chi connectivity index (χ4v) is 5.74. The Labute approximate surface area is 229 Å². The summed E-state index contributed by atoms with van der Waals surface area (Å²) in [6.45, 7) is 6.09. The lowest BCUT2D eigenvalue weighted by Gasteiger charge is -2.12. The average Bonchev–Trinajstić information content (AvgIpc) is 3.35. The lowest BCUT2D eigenvalue weighted by molar-refractivity contribution is -0.115. The Morgan fingerprint density at radius 3 is 2.32 bits per heavy atom. The Kier molecular flexibility index (Phi) is 7.62. The van der Waals surface area contributed by atoms with E-state index in [4.69, 9.17) is 4.74 Å². The highest BCUT2D eigenvalue weighted by atomic mass is 32.2. The molecule has 2 N–H and O–H groups in total. The number of nitrogens with zero attached hydrogens (tertiary/aromatic N) is 1. The number of hydrogen-bond donors (Lipinski definition) is 2. The van der Waals surface area contributed by atoms with Crippen LogP contribution < -0.4 is 15.6 Å². The largest absolute Gasteiger partial charge is 0.457 e. The quantitative estimate of drug-likeness (QED) is 0.155. The van der Waals surface area contributed by atoms with Gasteiger partial charge in [-0.1, -0.05) is 68.1 Å². The molecule has 0 aliphatic rings. The Hall–Kier alpha value is -3.88. The van der Waals surface area contributed by atoms with Crippen LogP contribution in [0.1, 0.15) is 32.3 Å². The summed E-state index contributed by atoms with van der Waals surface area (Å²) in [5.41, 5.74) is 3.56. The van der Waals surface area contributed by atoms with Crippen LogP contribution in [0.4, 0.5) is 5.69 Å². The van der Waals surface area contributed by atoms with Crippen molar-refractivity contribution in [2.75, 3.05) is 5.32 Å². The van der Waals surface area contributed by atoms with Crippen molar-refractivity contribution in [1.82, 2.24) is 9.97 Å². The normalized spacial score (nSPS) is 12.0. The van der Waals surface area contributed by atoms with Crippen LogP contribution in [0, 0.1) is 0 Å². The van der Waals surface area contributed by atoms with Crippen molar-refractivity contribution in [2.24, 2.45) is 0 Å². The van der Waals surface area contributed by atoms with Crippen LogP contribution in [0.2, 0.25) is 0 Å². The smallest absolute Gasteiger partial charge is 0.260 e. The molecule has 5 aromatic rings. The minimum atomic E-state index is -0.473. The van der Waals surface area contributed by atoms with E-state index in [1.54, 1.807) is 31.2 Å². The van der Waals surface area contributed by atoms with Gasteiger partial charge in [-0.2, -0.15) is 0 Å². The van der Waals surface area contributed by atoms with E-state index in [1.807, 2.05) is 47.8 Å². The molecule has 0 spiro atoms. The zero-order valence-corrected chi connectivity index (χ0v) is 22.9. The van der Waals surface area contributed by atoms with Crippen LogP contribution in [0.3, 0.4) is 0 Å². The molecule has 0 aliphatic carbocycles. The van der Waals surface area contributed by atoms with Crippen molar-refractivity contribution in [2.45, 2.75) is 37.1 Å². The van der Waals surface area contributed by atoms with E-state index in [-0.39, 0.29) is 11.5 Å². The number of ether oxygens (including phenoxy) is 1. The van der Waals surface area contributed by atoms with Gasteiger partial charge >= 0.3 is 0 Å². The molecule has 0 aliphatic heterocycles. The molecule has 2 aromatic heterocycles. The predicted molar refractivity (Wildman–Crippen MR) is 157 cm³/mol. The van der Waals surface area contributed by atoms with Gasteiger partial charge in [0.05, 0.1) is 10.6 Å². The van der Waals surface area contributed by atoms with Crippen LogP contribution in [0.15, 0.2) is 94.2 Å². The van der Waals surface area contributed by atoms with Crippen LogP contribution in [-0.4, -0.2) is 21.1 Å². The first-order valence-corrected chi connectivity index (χ1v) is 14.1. The first kappa shape index (κ1) is 25.8. The highest BCUT2D eigenvalue weighted by molar-refractivity contribution is 8.00. The molecule has 0 bridgehead atoms. The molecule has 1 atom stereocenters. The maximum absolute atomic E-state index is 13.0. The number of carbonyl (C=O) groups excluding carboxylic acids is 1. The monoisotopic (exact) mass is 541 g/mol. The highest BCUT2D eigenvalue weighted by Crippen LogP contribution is 2.33. The van der Waals surface area contributed by atoms with Crippen molar-refractivity contribution in [3.63, 3.8) is 0 Å². The number of thioether (sulfide) groups is 1. The van der Waals surface area contributed by atoms with Gasteiger partial charge in [0.15, 0.2) is 5.16 Å². The fourth-order valence-electron chi connectivity index (χ4n) is 3.94. The summed E-state index contributed by atoms with van der Waals surface area (Å²) in [5, 5.41) is 5.39. The van der Waals surface area contributed by atoms with E-state index >= 15 is 0 Å². The Bertz CT molecular complexity index is 1610. The van der Waals surface area contributed by atoms with Crippen molar-refractivity contribution < 1.29 is 9.53 Å². The standard InChI is InChI=1S/C30H27N3O3S2/c1-18(2)20-9-11-21(12-10-20)25-17-37-29-26(25)28(35)32-30(33-29)38-19(3)27(34)31-22-13-15-24(16-14-22)36-23-7-5-4-6-8-23/h4-19H,1-3H3,(H,31,34)(H,32,33,35). The number of carbonyl (C=O) groups is 1. The Morgan fingerprint density at radius 2 is 1.63 bits per heavy atom. The molecule has 38 heavy (non-hydrogen) atoms. The topological polar surface area (TPSA) is 84.1 Å². The first-order valence-electron chi connectivity index (χ1n) is 12.3. The number of hydrogen-bond acceptors (Lipinski definition) is 6. The SMILES string of the molecule is CC(Sc1nc2scc(-c3ccc(C(C)C)cc3)c2c(=O)[nH]1)C(=O)Nc1ccc(Oc2ccccc2)cc1. The molecule has 0 fully saturated rings. The first-order chi connectivity index (χ1) is 18.4. The summed E-state index contributed by atoms with van der Waals surface area (Å²) in [4.78, 5) is 34.0. The maximum atomic E-state index is 13.0. The summed E-state index contributed by atoms with van der Waals surface area (Å²) >= 11 is 2.65. The van der Waals surface area contributed by atoms with Gasteiger partial charge in [0.1, 0.15) is 16.3 Å². The summed E-state index contributed by atoms with van der Waals surface area (Å²) in [6.07, 6.45) is 0. The number of benzene rings is 3. The molecule has 6 nitrogen and oxygen atoms in total. The molecular weight excluding hydrogens is 514 g/mol. The van der Waals surface area contributed by atoms with Gasteiger partial charge in [0, 0.05) is 16.6 Å². The van der Waals surface area contributed by atoms with E-state index in [0.717, 1.165) is 16.9 Å². The zero-order valence-electron chi connectivity index (χ0n) is 21.2. The number of amides is 1. The molecule has 8 heteroatoms. The molecule has 0 saturated carbocycles. The summed E-state index contributed by atoms with van der Waals surface area (Å²) in [7, 11) is 0. The molecule has 1 amide bonds. The van der Waals surface area contributed by atoms with Crippen LogP contribution in [0.5, 0.6) is 11.5 Å². The van der Waals surface area contributed by atoms with Gasteiger partial charge in [0.2, 0.25) is 5.91 Å². The van der Waals surface area contributed by atoms with Crippen molar-refractivity contribution in [3.8, 4) is 22.6 Å². The number of anilines is 1. The van der Waals surface area contributed by atoms with Gasteiger partial charge in [-0.15, -0.1) is 11.3 Å². The fraction of sp³-hybridized carbons (Fsp3) is 0.167. The van der Waals surface area contributed by atoms with E-state index in [2.05, 4.69) is 41.3 Å². The molecular formula is C30H27N3O3S2. The van der Waals surface area contributed by atoms with Crippen LogP contribution >= 0.6 is 23.1 Å². The zero-order chi connectivity index (χ0) is 26.6. The maximum Gasteiger partial charge on any atom is 0.260 e. The van der Waals surface area contributed by atoms with E-state index in [1.165, 1.54) is 28.7 Å². The molecule has 3 aromatic carbocycles. The molecule has 0 saturated heterocycles. The summed E-state index contributed by atoms with van der Waals surface area (Å²) < 4.78 is 5.80. The lowest BCUT2D eigenvalue weighted by Crippen LogP contribution is -2.23. The predicted octanol–water partition coefficient (Wildman–Crippen LogP) is 7.69. The summed E-state index contributed by atoms with van der Waals surface area (Å²) in [6, 6.07) is 25.0. The van der Waals surface area contributed by atoms with Crippen LogP contribution in [0.25, 0.3) is 21.3 Å². The van der Waals surface area contributed by atoms with Gasteiger partial charge < -0.3 is 15.0 Å². The van der Waals surface area contributed by atoms with Gasteiger partial charge in [-0.25, -0.2) is 4.98 Å². The highest BCUT2D eigenvalue weighted by Gasteiger charge is 2.19. The number of thiophene rings is 1. The van der Waals surface area contributed by atoms with Crippen molar-refractivity contribution in [1.29, 1.82) is 0 Å². The molecule has 1 unspecified atom stereocenters. The Morgan fingerprint density at radius 1 is 0.947 bits per heavy atom. The van der Waals surface area contributed by atoms with Crippen LogP contribution in [-0.2, 0) is 4.79 Å². The van der Waals surface area contributed by atoms with Crippen molar-refractivity contribution in [3.05, 3.63) is 100 Å². The third-order valence-corrected chi connectivity index (χ3v) is 7.93. The number of aromatic amines is 1. The second-order valence-electron chi connectivity index (χ2n) is 9.17. The Balaban J connectivity index is 1.25. The number of aromatic nitrogens is 2. The molecule has 192 valence electrons. The molecule has 0 radical (unpaired) electrons. The van der Waals surface area contributed by atoms with Gasteiger partial charge in [0.25, 0.3) is 5.56 Å². The second kappa shape index (κ2) is 11.2. The number of nitrogens with one attached hydrogen (secondary N) is 2. The van der Waals surface area contributed by atoms with E-state index in [0.29, 0.717) is 32.7 Å². The minimum absolute atomic E-state index is 0.188. The minimum Gasteiger partial charge on any atom is -0.457 e. The van der Waals surface area contributed by atoms with Gasteiger partial charge in [-0.05, 0) is 60.4 Å². The van der Waals surface area contributed by atoms with Crippen molar-refractivity contribution >= 4 is 44.9 Å². The third kappa shape index (κ3) is 5.82. The second-order valence-corrected chi connectivity index (χ2v) is 11.4. The third-order valence-electron chi connectivity index (χ3n) is 6.07. The van der Waals surface area contributed by atoms with E-state index < -0.39 is 5.25 Å². The van der Waals surface area contributed by atoms with Gasteiger partial charge in [-0.3, -0.25) is 9.59 Å². The molecule has 2 heterocycles. The molecule has 5 rings (SSSR count). The summed E-state index contributed by atoms with van der Waals surface area (Å²) in [5.74, 6) is 1.68. The lowest BCUT2D eigenvalue weighted by atomic mass is 9.99. The number of H-pyrrole nitrogens is 1. The average molecular weight is 542 g/mol. The number of rotatable bonds is 8.